The summed E-state index contributed by atoms with van der Waals surface area (Å²) < 4.78 is 20.0. The molecule has 3 aliphatic heterocycles. The van der Waals surface area contributed by atoms with Gasteiger partial charge in [0.2, 0.25) is 0 Å². The third-order valence-corrected chi connectivity index (χ3v) is 10.5. The Labute approximate surface area is 237 Å². The summed E-state index contributed by atoms with van der Waals surface area (Å²) in [4.78, 5) is 5.57. The Morgan fingerprint density at radius 3 is 2.56 bits per heavy atom. The largest absolute Gasteiger partial charge is 0.498 e. The summed E-state index contributed by atoms with van der Waals surface area (Å²) >= 11 is 0. The van der Waals surface area contributed by atoms with Gasteiger partial charge in [-0.1, -0.05) is 32.1 Å². The topological polar surface area (TPSA) is 27.7 Å². The fourth-order valence-corrected chi connectivity index (χ4v) is 8.34. The van der Waals surface area contributed by atoms with Crippen molar-refractivity contribution in [1.29, 1.82) is 0 Å². The molecule has 0 aromatic rings. The average Bonchev–Trinajstić information content (AvgIpc) is 2.94. The summed E-state index contributed by atoms with van der Waals surface area (Å²) in [6.45, 7) is 19.0. The third-order valence-electron chi connectivity index (χ3n) is 10.5. The van der Waals surface area contributed by atoms with Crippen LogP contribution in [0.25, 0.3) is 0 Å². The van der Waals surface area contributed by atoms with Gasteiger partial charge in [-0.15, -0.1) is 0 Å². The number of nitrogens with one attached hydrogen (secondary N) is 1. The first-order valence-corrected chi connectivity index (χ1v) is 16.2. The number of likely N-dealkylation sites (tertiary alicyclic amines) is 1. The van der Waals surface area contributed by atoms with Crippen LogP contribution in [0.4, 0.5) is 4.39 Å². The Balaban J connectivity index is 1.15. The maximum atomic E-state index is 13.8. The van der Waals surface area contributed by atoms with E-state index in [0.29, 0.717) is 42.8 Å². The van der Waals surface area contributed by atoms with Crippen LogP contribution < -0.4 is 5.32 Å². The minimum atomic E-state index is -0.663. The van der Waals surface area contributed by atoms with Gasteiger partial charge in [0.05, 0.1) is 12.4 Å². The second-order valence-electron chi connectivity index (χ2n) is 13.0. The molecule has 1 unspecified atom stereocenters. The first kappa shape index (κ1) is 28.9. The Hall–Kier alpha value is -1.59. The van der Waals surface area contributed by atoms with Crippen LogP contribution in [-0.2, 0) is 4.74 Å². The van der Waals surface area contributed by atoms with Crippen LogP contribution in [0.5, 0.6) is 0 Å². The van der Waals surface area contributed by atoms with E-state index in [2.05, 4.69) is 55.5 Å². The van der Waals surface area contributed by atoms with Gasteiger partial charge < -0.3 is 15.0 Å². The van der Waals surface area contributed by atoms with Gasteiger partial charge in [-0.05, 0) is 120 Å². The van der Waals surface area contributed by atoms with Gasteiger partial charge in [-0.2, -0.15) is 0 Å². The van der Waals surface area contributed by atoms with Crippen LogP contribution in [0.1, 0.15) is 98.3 Å². The minimum Gasteiger partial charge on any atom is -0.498 e. The molecule has 3 heterocycles. The highest BCUT2D eigenvalue weighted by Gasteiger charge is 2.37. The van der Waals surface area contributed by atoms with Crippen molar-refractivity contribution in [3.05, 3.63) is 46.4 Å². The van der Waals surface area contributed by atoms with Crippen LogP contribution in [0, 0.1) is 11.8 Å². The van der Waals surface area contributed by atoms with E-state index in [-0.39, 0.29) is 0 Å². The SMILES string of the molecule is C=C(CC)C1CCC2=C(CCN(C3CCN(C[C@H]4CC(OCC)=C(C5=CC[C@H](F)CC5)[C@@H](C)C4)CC3)[C@@H]2C)N1. The fraction of sp³-hybridized carbons (Fsp3) is 0.765. The molecule has 1 fully saturated rings. The van der Waals surface area contributed by atoms with Crippen molar-refractivity contribution in [1.82, 2.24) is 15.1 Å². The van der Waals surface area contributed by atoms with Crippen molar-refractivity contribution in [3.8, 4) is 0 Å². The zero-order valence-electron chi connectivity index (χ0n) is 25.2. The van der Waals surface area contributed by atoms with E-state index in [1.807, 2.05) is 0 Å². The van der Waals surface area contributed by atoms with Crippen molar-refractivity contribution in [2.24, 2.45) is 11.8 Å². The molecule has 4 nitrogen and oxygen atoms in total. The van der Waals surface area contributed by atoms with E-state index in [9.17, 15) is 4.39 Å². The van der Waals surface area contributed by atoms with Crippen molar-refractivity contribution in [3.63, 3.8) is 0 Å². The highest BCUT2D eigenvalue weighted by Crippen LogP contribution is 2.42. The maximum absolute atomic E-state index is 13.8. The quantitative estimate of drug-likeness (QED) is 0.328. The molecule has 0 aromatic carbocycles. The Morgan fingerprint density at radius 2 is 1.87 bits per heavy atom. The minimum absolute atomic E-state index is 0.481. The molecule has 218 valence electrons. The normalized spacial score (nSPS) is 33.5. The van der Waals surface area contributed by atoms with Gasteiger partial charge in [0.1, 0.15) is 6.17 Å². The molecule has 5 atom stereocenters. The monoisotopic (exact) mass is 539 g/mol. The summed E-state index contributed by atoms with van der Waals surface area (Å²) in [7, 11) is 0. The molecule has 0 amide bonds. The second-order valence-corrected chi connectivity index (χ2v) is 13.0. The molecular formula is C34H54FN3O. The summed E-state index contributed by atoms with van der Waals surface area (Å²) in [5.41, 5.74) is 7.33. The summed E-state index contributed by atoms with van der Waals surface area (Å²) in [5.74, 6) is 2.36. The summed E-state index contributed by atoms with van der Waals surface area (Å²) in [6, 6.07) is 1.75. The number of alkyl halides is 1. The van der Waals surface area contributed by atoms with Crippen LogP contribution in [0.15, 0.2) is 46.4 Å². The van der Waals surface area contributed by atoms with Crippen molar-refractivity contribution in [2.45, 2.75) is 123 Å². The number of nitrogens with zero attached hydrogens (tertiary/aromatic N) is 2. The Kier molecular flexibility index (Phi) is 9.59. The zero-order chi connectivity index (χ0) is 27.5. The van der Waals surface area contributed by atoms with Crippen molar-refractivity contribution < 1.29 is 9.13 Å². The molecule has 0 saturated carbocycles. The molecular weight excluding hydrogens is 485 g/mol. The number of rotatable bonds is 8. The standard InChI is InChI=1S/C34H54FN3O/c1-6-23(3)31-13-12-30-25(5)38(19-16-32(30)36-31)29-14-17-37(18-15-29)22-26-20-24(4)34(33(21-26)39-7-2)27-8-10-28(35)11-9-27/h8,24-26,28-29,31,36H,3,6-7,9-22H2,1-2,4-5H3/t24-,25+,26+,28-,31?/m0/s1. The number of hydrogen-bond acceptors (Lipinski definition) is 4. The van der Waals surface area contributed by atoms with E-state index in [1.165, 1.54) is 92.9 Å². The lowest BCUT2D eigenvalue weighted by Crippen LogP contribution is -2.53. The lowest BCUT2D eigenvalue weighted by Gasteiger charge is -2.47. The van der Waals surface area contributed by atoms with Gasteiger partial charge in [0.25, 0.3) is 0 Å². The lowest BCUT2D eigenvalue weighted by atomic mass is 9.75. The zero-order valence-corrected chi connectivity index (χ0v) is 25.2. The van der Waals surface area contributed by atoms with Crippen LogP contribution >= 0.6 is 0 Å². The third kappa shape index (κ3) is 6.50. The summed E-state index contributed by atoms with van der Waals surface area (Å²) in [6.07, 6.45) is 13.1. The van der Waals surface area contributed by atoms with Crippen LogP contribution in [0.2, 0.25) is 0 Å². The molecule has 0 radical (unpaired) electrons. The maximum Gasteiger partial charge on any atom is 0.104 e. The Bertz CT molecular complexity index is 975. The van der Waals surface area contributed by atoms with E-state index in [0.717, 1.165) is 25.9 Å². The lowest BCUT2D eigenvalue weighted by molar-refractivity contribution is 0.0694. The number of ether oxygens (including phenoxy) is 1. The predicted octanol–water partition coefficient (Wildman–Crippen LogP) is 7.30. The van der Waals surface area contributed by atoms with E-state index in [4.69, 9.17) is 4.74 Å². The highest BCUT2D eigenvalue weighted by atomic mass is 19.1. The first-order chi connectivity index (χ1) is 18.9. The second kappa shape index (κ2) is 12.9. The number of allylic oxidation sites excluding steroid dienone is 4. The Morgan fingerprint density at radius 1 is 1.08 bits per heavy atom. The molecule has 5 aliphatic rings. The molecule has 1 saturated heterocycles. The first-order valence-electron chi connectivity index (χ1n) is 16.2. The molecule has 1 N–H and O–H groups in total. The molecule has 5 rings (SSSR count). The number of hydrogen-bond donors (Lipinski definition) is 1. The molecule has 0 spiro atoms. The van der Waals surface area contributed by atoms with Crippen LogP contribution in [0.3, 0.4) is 0 Å². The van der Waals surface area contributed by atoms with E-state index in [1.54, 1.807) is 5.57 Å². The van der Waals surface area contributed by atoms with Gasteiger partial charge in [-0.25, -0.2) is 4.39 Å². The fourth-order valence-electron chi connectivity index (χ4n) is 8.34. The van der Waals surface area contributed by atoms with Gasteiger partial charge in [0.15, 0.2) is 0 Å². The number of halogens is 1. The smallest absolute Gasteiger partial charge is 0.104 e. The summed E-state index contributed by atoms with van der Waals surface area (Å²) in [5, 5.41) is 3.87. The van der Waals surface area contributed by atoms with Gasteiger partial charge in [0, 0.05) is 43.3 Å². The van der Waals surface area contributed by atoms with E-state index >= 15 is 0 Å². The van der Waals surface area contributed by atoms with Crippen molar-refractivity contribution in [2.75, 3.05) is 32.8 Å². The highest BCUT2D eigenvalue weighted by molar-refractivity contribution is 5.38. The molecule has 0 aromatic heterocycles. The molecule has 39 heavy (non-hydrogen) atoms. The molecule has 0 bridgehead atoms. The van der Waals surface area contributed by atoms with Crippen LogP contribution in [-0.4, -0.2) is 66.9 Å². The molecule has 5 heteroatoms. The average molecular weight is 540 g/mol. The predicted molar refractivity (Wildman–Crippen MR) is 160 cm³/mol. The molecule has 2 aliphatic carbocycles. The van der Waals surface area contributed by atoms with Gasteiger partial charge in [-0.3, -0.25) is 4.90 Å². The number of piperidine rings is 1. The van der Waals surface area contributed by atoms with Crippen molar-refractivity contribution >= 4 is 0 Å². The van der Waals surface area contributed by atoms with Gasteiger partial charge >= 0.3 is 0 Å². The van der Waals surface area contributed by atoms with E-state index < -0.39 is 6.17 Å².